The van der Waals surface area contributed by atoms with E-state index in [0.717, 1.165) is 11.3 Å². The second-order valence-corrected chi connectivity index (χ2v) is 5.02. The molecule has 0 radical (unpaired) electrons. The van der Waals surface area contributed by atoms with Crippen LogP contribution < -0.4 is 10.6 Å². The Morgan fingerprint density at radius 2 is 1.83 bits per heavy atom. The van der Waals surface area contributed by atoms with Crippen molar-refractivity contribution in [2.75, 3.05) is 10.6 Å². The number of carboxylic acid groups (broad SMARTS) is 1. The van der Waals surface area contributed by atoms with Crippen LogP contribution in [0.5, 0.6) is 0 Å². The summed E-state index contributed by atoms with van der Waals surface area (Å²) in [4.78, 5) is 23.1. The lowest BCUT2D eigenvalue weighted by Crippen LogP contribution is -2.15. The van der Waals surface area contributed by atoms with E-state index >= 15 is 0 Å². The Bertz CT molecular complexity index is 851. The number of carboxylic acids is 1. The number of amides is 1. The number of nitrogens with zero attached hydrogens (tertiary/aromatic N) is 1. The quantitative estimate of drug-likeness (QED) is 0.580. The minimum absolute atomic E-state index is 0.0492. The molecular weight excluding hydrogens is 306 g/mol. The highest BCUT2D eigenvalue weighted by atomic mass is 16.4. The zero-order chi connectivity index (χ0) is 17.5. The van der Waals surface area contributed by atoms with Crippen LogP contribution in [0.1, 0.15) is 15.9 Å². The molecule has 0 spiro atoms. The highest BCUT2D eigenvalue weighted by Crippen LogP contribution is 2.13. The highest BCUT2D eigenvalue weighted by Gasteiger charge is 2.10. The summed E-state index contributed by atoms with van der Waals surface area (Å²) in [7, 11) is 0. The van der Waals surface area contributed by atoms with Crippen LogP contribution in [0.4, 0.5) is 11.4 Å². The smallest absolute Gasteiger partial charge is 0.335 e. The molecule has 2 aromatic carbocycles. The maximum Gasteiger partial charge on any atom is 0.335 e. The Labute approximate surface area is 139 Å². The minimum atomic E-state index is -1.09. The summed E-state index contributed by atoms with van der Waals surface area (Å²) < 4.78 is 0. The second kappa shape index (κ2) is 7.61. The highest BCUT2D eigenvalue weighted by molar-refractivity contribution is 6.07. The first-order valence-corrected chi connectivity index (χ1v) is 7.08. The van der Waals surface area contributed by atoms with Crippen LogP contribution >= 0.6 is 0 Å². The summed E-state index contributed by atoms with van der Waals surface area (Å²) in [6, 6.07) is 15.1. The third kappa shape index (κ3) is 4.45. The van der Waals surface area contributed by atoms with E-state index in [1.807, 2.05) is 37.3 Å². The number of rotatable bonds is 5. The van der Waals surface area contributed by atoms with Crippen molar-refractivity contribution < 1.29 is 14.7 Å². The zero-order valence-corrected chi connectivity index (χ0v) is 12.9. The fourth-order valence-electron chi connectivity index (χ4n) is 1.97. The molecule has 0 saturated carbocycles. The van der Waals surface area contributed by atoms with Gasteiger partial charge in [-0.05, 0) is 42.8 Å². The Morgan fingerprint density at radius 1 is 1.12 bits per heavy atom. The molecular formula is C18H15N3O3. The standard InChI is InChI=1S/C18H15N3O3/c1-12-4-2-6-15(8-12)20-11-14(10-19)17(22)21-16-7-3-5-13(9-16)18(23)24/h2-9,11,20H,1H3,(H,21,22)(H,23,24)/b14-11-. The molecule has 0 aromatic heterocycles. The van der Waals surface area contributed by atoms with Crippen molar-refractivity contribution in [2.45, 2.75) is 6.92 Å². The van der Waals surface area contributed by atoms with Gasteiger partial charge in [-0.25, -0.2) is 4.79 Å². The molecule has 2 rings (SSSR count). The predicted octanol–water partition coefficient (Wildman–Crippen LogP) is 3.15. The van der Waals surface area contributed by atoms with Crippen LogP contribution in [-0.4, -0.2) is 17.0 Å². The number of hydrogen-bond acceptors (Lipinski definition) is 4. The van der Waals surface area contributed by atoms with Crippen LogP contribution in [0.3, 0.4) is 0 Å². The van der Waals surface area contributed by atoms with E-state index < -0.39 is 11.9 Å². The van der Waals surface area contributed by atoms with Gasteiger partial charge in [0.15, 0.2) is 0 Å². The zero-order valence-electron chi connectivity index (χ0n) is 12.9. The molecule has 0 fully saturated rings. The number of anilines is 2. The number of aryl methyl sites for hydroxylation is 1. The average Bonchev–Trinajstić information content (AvgIpc) is 2.55. The molecule has 0 bridgehead atoms. The van der Waals surface area contributed by atoms with E-state index in [1.54, 1.807) is 6.07 Å². The third-order valence-corrected chi connectivity index (χ3v) is 3.13. The normalized spacial score (nSPS) is 10.6. The first kappa shape index (κ1) is 16.8. The van der Waals surface area contributed by atoms with Gasteiger partial charge in [0.25, 0.3) is 5.91 Å². The van der Waals surface area contributed by atoms with Gasteiger partial charge in [-0.2, -0.15) is 5.26 Å². The molecule has 0 heterocycles. The van der Waals surface area contributed by atoms with Crippen molar-refractivity contribution in [3.05, 3.63) is 71.4 Å². The van der Waals surface area contributed by atoms with Gasteiger partial charge in [-0.1, -0.05) is 18.2 Å². The summed E-state index contributed by atoms with van der Waals surface area (Å²) in [5.74, 6) is -1.72. The molecule has 0 atom stereocenters. The summed E-state index contributed by atoms with van der Waals surface area (Å²) in [5.41, 5.74) is 2.02. The molecule has 1 amide bonds. The van der Waals surface area contributed by atoms with Gasteiger partial charge in [0, 0.05) is 17.6 Å². The maximum atomic E-state index is 12.1. The summed E-state index contributed by atoms with van der Waals surface area (Å²) in [6.45, 7) is 1.93. The third-order valence-electron chi connectivity index (χ3n) is 3.13. The van der Waals surface area contributed by atoms with Gasteiger partial charge in [0.1, 0.15) is 11.6 Å². The number of aromatic carboxylic acids is 1. The summed E-state index contributed by atoms with van der Waals surface area (Å²) in [6.07, 6.45) is 1.31. The van der Waals surface area contributed by atoms with E-state index in [-0.39, 0.29) is 11.1 Å². The van der Waals surface area contributed by atoms with Crippen LogP contribution in [0.2, 0.25) is 0 Å². The fraction of sp³-hybridized carbons (Fsp3) is 0.0556. The molecule has 6 nitrogen and oxygen atoms in total. The Hall–Kier alpha value is -3.59. The van der Waals surface area contributed by atoms with E-state index in [0.29, 0.717) is 5.69 Å². The SMILES string of the molecule is Cc1cccc(N/C=C(/C#N)C(=O)Nc2cccc(C(=O)O)c2)c1. The number of carbonyl (C=O) groups excluding carboxylic acids is 1. The van der Waals surface area contributed by atoms with Crippen LogP contribution in [0.25, 0.3) is 0 Å². The lowest BCUT2D eigenvalue weighted by Gasteiger charge is -2.06. The van der Waals surface area contributed by atoms with Gasteiger partial charge in [0.2, 0.25) is 0 Å². The van der Waals surface area contributed by atoms with Crippen molar-refractivity contribution in [1.29, 1.82) is 5.26 Å². The topological polar surface area (TPSA) is 102 Å². The van der Waals surface area contributed by atoms with Crippen molar-refractivity contribution in [2.24, 2.45) is 0 Å². The monoisotopic (exact) mass is 321 g/mol. The van der Waals surface area contributed by atoms with Crippen LogP contribution in [0, 0.1) is 18.3 Å². The molecule has 0 aliphatic rings. The van der Waals surface area contributed by atoms with Crippen molar-refractivity contribution in [3.8, 4) is 6.07 Å². The van der Waals surface area contributed by atoms with Crippen LogP contribution in [-0.2, 0) is 4.79 Å². The summed E-state index contributed by atoms with van der Waals surface area (Å²) in [5, 5.41) is 23.5. The molecule has 0 unspecified atom stereocenters. The number of carbonyl (C=O) groups is 2. The number of nitriles is 1. The van der Waals surface area contributed by atoms with Gasteiger partial charge in [-0.3, -0.25) is 4.79 Å². The van der Waals surface area contributed by atoms with Gasteiger partial charge in [-0.15, -0.1) is 0 Å². The molecule has 24 heavy (non-hydrogen) atoms. The van der Waals surface area contributed by atoms with Crippen molar-refractivity contribution >= 4 is 23.3 Å². The van der Waals surface area contributed by atoms with Gasteiger partial charge in [0.05, 0.1) is 5.56 Å². The molecule has 120 valence electrons. The van der Waals surface area contributed by atoms with E-state index in [4.69, 9.17) is 10.4 Å². The van der Waals surface area contributed by atoms with E-state index in [2.05, 4.69) is 10.6 Å². The first-order chi connectivity index (χ1) is 11.5. The molecule has 3 N–H and O–H groups in total. The van der Waals surface area contributed by atoms with E-state index in [9.17, 15) is 9.59 Å². The number of hydrogen-bond donors (Lipinski definition) is 3. The Kier molecular flexibility index (Phi) is 5.32. The van der Waals surface area contributed by atoms with Crippen molar-refractivity contribution in [3.63, 3.8) is 0 Å². The molecule has 0 aliphatic heterocycles. The fourth-order valence-corrected chi connectivity index (χ4v) is 1.97. The predicted molar refractivity (Wildman–Crippen MR) is 90.5 cm³/mol. The van der Waals surface area contributed by atoms with Crippen molar-refractivity contribution in [1.82, 2.24) is 0 Å². The molecule has 6 heteroatoms. The molecule has 0 saturated heterocycles. The lowest BCUT2D eigenvalue weighted by atomic mass is 10.2. The minimum Gasteiger partial charge on any atom is -0.478 e. The first-order valence-electron chi connectivity index (χ1n) is 7.08. The maximum absolute atomic E-state index is 12.1. The molecule has 0 aliphatic carbocycles. The van der Waals surface area contributed by atoms with Gasteiger partial charge < -0.3 is 15.7 Å². The average molecular weight is 321 g/mol. The molecule has 2 aromatic rings. The van der Waals surface area contributed by atoms with E-state index in [1.165, 1.54) is 24.4 Å². The number of benzene rings is 2. The second-order valence-electron chi connectivity index (χ2n) is 5.02. The van der Waals surface area contributed by atoms with Crippen LogP contribution in [0.15, 0.2) is 60.3 Å². The van der Waals surface area contributed by atoms with Gasteiger partial charge >= 0.3 is 5.97 Å². The Morgan fingerprint density at radius 3 is 2.50 bits per heavy atom. The lowest BCUT2D eigenvalue weighted by molar-refractivity contribution is -0.112. The summed E-state index contributed by atoms with van der Waals surface area (Å²) >= 11 is 0. The largest absolute Gasteiger partial charge is 0.478 e. The Balaban J connectivity index is 2.11. The number of nitrogens with one attached hydrogen (secondary N) is 2.